The van der Waals surface area contributed by atoms with E-state index in [0.717, 1.165) is 5.69 Å². The molecule has 0 aliphatic rings. The van der Waals surface area contributed by atoms with Crippen molar-refractivity contribution >= 4 is 11.6 Å². The molecule has 0 spiro atoms. The van der Waals surface area contributed by atoms with Gasteiger partial charge in [0.15, 0.2) is 11.4 Å². The zero-order valence-corrected chi connectivity index (χ0v) is 12.0. The molecule has 0 bridgehead atoms. The molecule has 1 amide bonds. The van der Waals surface area contributed by atoms with Crippen LogP contribution in [0.4, 0.5) is 0 Å². The van der Waals surface area contributed by atoms with Gasteiger partial charge in [0, 0.05) is 19.9 Å². The summed E-state index contributed by atoms with van der Waals surface area (Å²) in [4.78, 5) is 16.8. The van der Waals surface area contributed by atoms with Gasteiger partial charge >= 0.3 is 0 Å². The second kappa shape index (κ2) is 6.38. The monoisotopic (exact) mass is 277 g/mol. The number of hydrogen-bond acceptors (Lipinski definition) is 4. The number of amides is 1. The summed E-state index contributed by atoms with van der Waals surface area (Å²) in [6, 6.07) is 3.66. The Morgan fingerprint density at radius 2 is 2.25 bits per heavy atom. The van der Waals surface area contributed by atoms with E-state index in [-0.39, 0.29) is 5.91 Å². The topological polar surface area (TPSA) is 64.9 Å². The summed E-state index contributed by atoms with van der Waals surface area (Å²) in [5.41, 5.74) is 1.96. The number of imidazole rings is 1. The van der Waals surface area contributed by atoms with Gasteiger partial charge in [0.2, 0.25) is 0 Å². The standard InChI is InChI=1S/C14H19N3O3/c1-4-10-12(14(18)15-7-9-19-2)17-8-5-6-11(20-3)13(17)16-10/h5-6,8H,4,7,9H2,1-3H3,(H,15,18). The second-order valence-electron chi connectivity index (χ2n) is 4.28. The summed E-state index contributed by atoms with van der Waals surface area (Å²) in [7, 11) is 3.19. The Kier molecular flexibility index (Phi) is 4.57. The summed E-state index contributed by atoms with van der Waals surface area (Å²) in [5, 5.41) is 2.82. The largest absolute Gasteiger partial charge is 0.493 e. The Bertz CT molecular complexity index is 607. The summed E-state index contributed by atoms with van der Waals surface area (Å²) in [6.07, 6.45) is 2.49. The van der Waals surface area contributed by atoms with Gasteiger partial charge in [-0.1, -0.05) is 6.92 Å². The number of nitrogens with zero attached hydrogens (tertiary/aromatic N) is 2. The fraction of sp³-hybridized carbons (Fsp3) is 0.429. The number of carbonyl (C=O) groups is 1. The Labute approximate surface area is 117 Å². The third kappa shape index (κ3) is 2.60. The fourth-order valence-electron chi connectivity index (χ4n) is 2.09. The Hall–Kier alpha value is -2.08. The summed E-state index contributed by atoms with van der Waals surface area (Å²) in [5.74, 6) is 0.498. The van der Waals surface area contributed by atoms with Gasteiger partial charge in [-0.25, -0.2) is 4.98 Å². The van der Waals surface area contributed by atoms with E-state index >= 15 is 0 Å². The first-order valence-corrected chi connectivity index (χ1v) is 6.54. The first-order valence-electron chi connectivity index (χ1n) is 6.54. The molecule has 2 heterocycles. The van der Waals surface area contributed by atoms with Crippen molar-refractivity contribution in [3.05, 3.63) is 29.7 Å². The zero-order valence-electron chi connectivity index (χ0n) is 12.0. The van der Waals surface area contributed by atoms with Crippen LogP contribution >= 0.6 is 0 Å². The molecule has 0 fully saturated rings. The maximum absolute atomic E-state index is 12.3. The summed E-state index contributed by atoms with van der Waals surface area (Å²) < 4.78 is 12.0. The first kappa shape index (κ1) is 14.3. The van der Waals surface area contributed by atoms with Gasteiger partial charge in [-0.3, -0.25) is 9.20 Å². The summed E-state index contributed by atoms with van der Waals surface area (Å²) in [6.45, 7) is 2.92. The van der Waals surface area contributed by atoms with Gasteiger partial charge < -0.3 is 14.8 Å². The van der Waals surface area contributed by atoms with Crippen molar-refractivity contribution < 1.29 is 14.3 Å². The first-order chi connectivity index (χ1) is 9.72. The van der Waals surface area contributed by atoms with E-state index in [0.29, 0.717) is 36.7 Å². The van der Waals surface area contributed by atoms with Gasteiger partial charge in [-0.15, -0.1) is 0 Å². The van der Waals surface area contributed by atoms with Crippen LogP contribution in [-0.2, 0) is 11.2 Å². The predicted octanol–water partition coefficient (Wildman–Crippen LogP) is 1.28. The van der Waals surface area contributed by atoms with E-state index in [1.54, 1.807) is 18.6 Å². The van der Waals surface area contributed by atoms with Crippen LogP contribution in [0.25, 0.3) is 5.65 Å². The fourth-order valence-corrected chi connectivity index (χ4v) is 2.09. The van der Waals surface area contributed by atoms with Gasteiger partial charge in [0.1, 0.15) is 5.69 Å². The van der Waals surface area contributed by atoms with Crippen LogP contribution in [-0.4, -0.2) is 42.7 Å². The number of methoxy groups -OCH3 is 2. The lowest BCUT2D eigenvalue weighted by molar-refractivity contribution is 0.0930. The predicted molar refractivity (Wildman–Crippen MR) is 75.3 cm³/mol. The van der Waals surface area contributed by atoms with Gasteiger partial charge in [-0.2, -0.15) is 0 Å². The van der Waals surface area contributed by atoms with Crippen molar-refractivity contribution in [3.63, 3.8) is 0 Å². The van der Waals surface area contributed by atoms with E-state index < -0.39 is 0 Å². The average Bonchev–Trinajstić information content (AvgIpc) is 2.85. The van der Waals surface area contributed by atoms with E-state index in [2.05, 4.69) is 10.3 Å². The maximum Gasteiger partial charge on any atom is 0.270 e. The van der Waals surface area contributed by atoms with Gasteiger partial charge in [0.05, 0.1) is 19.4 Å². The van der Waals surface area contributed by atoms with E-state index in [1.807, 2.05) is 25.3 Å². The molecule has 0 saturated carbocycles. The quantitative estimate of drug-likeness (QED) is 0.808. The third-order valence-corrected chi connectivity index (χ3v) is 3.05. The molecule has 0 aromatic carbocycles. The molecule has 0 radical (unpaired) electrons. The van der Waals surface area contributed by atoms with Crippen molar-refractivity contribution in [2.45, 2.75) is 13.3 Å². The van der Waals surface area contributed by atoms with Crippen molar-refractivity contribution in [2.75, 3.05) is 27.4 Å². The number of nitrogens with one attached hydrogen (secondary N) is 1. The van der Waals surface area contributed by atoms with Crippen molar-refractivity contribution in [1.82, 2.24) is 14.7 Å². The van der Waals surface area contributed by atoms with Crippen LogP contribution in [0.15, 0.2) is 18.3 Å². The number of aromatic nitrogens is 2. The van der Waals surface area contributed by atoms with E-state index in [9.17, 15) is 4.79 Å². The van der Waals surface area contributed by atoms with Crippen molar-refractivity contribution in [3.8, 4) is 5.75 Å². The molecule has 6 heteroatoms. The van der Waals surface area contributed by atoms with Crippen LogP contribution in [0, 0.1) is 0 Å². The molecule has 2 rings (SSSR count). The molecule has 20 heavy (non-hydrogen) atoms. The lowest BCUT2D eigenvalue weighted by Gasteiger charge is -2.06. The van der Waals surface area contributed by atoms with Crippen molar-refractivity contribution in [1.29, 1.82) is 0 Å². The van der Waals surface area contributed by atoms with Crippen LogP contribution in [0.5, 0.6) is 5.75 Å². The van der Waals surface area contributed by atoms with Crippen LogP contribution < -0.4 is 10.1 Å². The number of aryl methyl sites for hydroxylation is 1. The minimum Gasteiger partial charge on any atom is -0.493 e. The van der Waals surface area contributed by atoms with Crippen LogP contribution in [0.1, 0.15) is 23.1 Å². The molecule has 0 aliphatic carbocycles. The number of rotatable bonds is 6. The van der Waals surface area contributed by atoms with Crippen molar-refractivity contribution in [2.24, 2.45) is 0 Å². The highest BCUT2D eigenvalue weighted by molar-refractivity contribution is 5.95. The molecule has 6 nitrogen and oxygen atoms in total. The van der Waals surface area contributed by atoms with E-state index in [1.165, 1.54) is 0 Å². The molecule has 0 aliphatic heterocycles. The molecule has 0 unspecified atom stereocenters. The maximum atomic E-state index is 12.3. The normalized spacial score (nSPS) is 10.8. The molecular formula is C14H19N3O3. The Morgan fingerprint density at radius 3 is 2.90 bits per heavy atom. The highest BCUT2D eigenvalue weighted by Gasteiger charge is 2.19. The minimum absolute atomic E-state index is 0.153. The van der Waals surface area contributed by atoms with Crippen LogP contribution in [0.3, 0.4) is 0 Å². The second-order valence-corrected chi connectivity index (χ2v) is 4.28. The summed E-state index contributed by atoms with van der Waals surface area (Å²) >= 11 is 0. The lowest BCUT2D eigenvalue weighted by atomic mass is 10.2. The molecule has 108 valence electrons. The number of pyridine rings is 1. The SMILES string of the molecule is CCc1nc2c(OC)cccn2c1C(=O)NCCOC. The number of hydrogen-bond donors (Lipinski definition) is 1. The number of fused-ring (bicyclic) bond motifs is 1. The van der Waals surface area contributed by atoms with E-state index in [4.69, 9.17) is 9.47 Å². The van der Waals surface area contributed by atoms with Gasteiger partial charge in [-0.05, 0) is 18.6 Å². The lowest BCUT2D eigenvalue weighted by Crippen LogP contribution is -2.28. The molecule has 2 aromatic rings. The Morgan fingerprint density at radius 1 is 1.45 bits per heavy atom. The average molecular weight is 277 g/mol. The highest BCUT2D eigenvalue weighted by Crippen LogP contribution is 2.22. The molecule has 1 N–H and O–H groups in total. The van der Waals surface area contributed by atoms with Gasteiger partial charge in [0.25, 0.3) is 5.91 Å². The third-order valence-electron chi connectivity index (χ3n) is 3.05. The molecule has 0 saturated heterocycles. The minimum atomic E-state index is -0.153. The smallest absolute Gasteiger partial charge is 0.270 e. The molecule has 0 atom stereocenters. The number of ether oxygens (including phenoxy) is 2. The number of carbonyl (C=O) groups excluding carboxylic acids is 1. The van der Waals surface area contributed by atoms with Crippen LogP contribution in [0.2, 0.25) is 0 Å². The molecular weight excluding hydrogens is 258 g/mol. The molecule has 2 aromatic heterocycles. The zero-order chi connectivity index (χ0) is 14.5. The highest BCUT2D eigenvalue weighted by atomic mass is 16.5. The Balaban J connectivity index is 2.43.